The lowest BCUT2D eigenvalue weighted by Crippen LogP contribution is -2.06. The van der Waals surface area contributed by atoms with Crippen LogP contribution in [0.25, 0.3) is 0 Å². The number of pyridine rings is 1. The Morgan fingerprint density at radius 1 is 1.50 bits per heavy atom. The third-order valence-corrected chi connectivity index (χ3v) is 1.96. The van der Waals surface area contributed by atoms with Crippen molar-refractivity contribution in [3.63, 3.8) is 0 Å². The smallest absolute Gasteiger partial charge is 0.356 e. The molecule has 14 heavy (non-hydrogen) atoms. The van der Waals surface area contributed by atoms with E-state index in [0.717, 1.165) is 11.8 Å². The van der Waals surface area contributed by atoms with Gasteiger partial charge in [-0.2, -0.15) is 0 Å². The van der Waals surface area contributed by atoms with E-state index in [1.165, 1.54) is 13.2 Å². The van der Waals surface area contributed by atoms with Crippen molar-refractivity contribution in [1.29, 1.82) is 0 Å². The summed E-state index contributed by atoms with van der Waals surface area (Å²) in [7, 11) is 1.26. The Kier molecular flexibility index (Phi) is 3.47. The van der Waals surface area contributed by atoms with E-state index in [-0.39, 0.29) is 5.69 Å². The van der Waals surface area contributed by atoms with Crippen molar-refractivity contribution >= 4 is 23.0 Å². The van der Waals surface area contributed by atoms with E-state index in [1.54, 1.807) is 12.1 Å². The summed E-state index contributed by atoms with van der Waals surface area (Å²) < 4.78 is 4.47. The third-order valence-electron chi connectivity index (χ3n) is 1.32. The van der Waals surface area contributed by atoms with Crippen LogP contribution >= 0.6 is 11.8 Å². The number of aromatic nitrogens is 1. The maximum atomic E-state index is 11.0. The first-order valence-corrected chi connectivity index (χ1v) is 4.48. The van der Waals surface area contributed by atoms with Gasteiger partial charge in [-0.05, 0) is 23.9 Å². The van der Waals surface area contributed by atoms with Gasteiger partial charge in [-0.25, -0.2) is 9.78 Å². The number of primary amides is 1. The molecule has 2 N–H and O–H groups in total. The fourth-order valence-corrected chi connectivity index (χ4v) is 1.29. The zero-order chi connectivity index (χ0) is 10.6. The average molecular weight is 212 g/mol. The second kappa shape index (κ2) is 4.61. The monoisotopic (exact) mass is 212 g/mol. The number of carbonyl (C=O) groups is 2. The van der Waals surface area contributed by atoms with Gasteiger partial charge in [0.15, 0.2) is 0 Å². The van der Waals surface area contributed by atoms with Crippen LogP contribution in [0.15, 0.2) is 23.2 Å². The summed E-state index contributed by atoms with van der Waals surface area (Å²) in [5.41, 5.74) is 5.10. The van der Waals surface area contributed by atoms with Gasteiger partial charge in [0.05, 0.1) is 7.11 Å². The number of amides is 1. The van der Waals surface area contributed by atoms with E-state index in [2.05, 4.69) is 9.72 Å². The molecule has 0 aliphatic rings. The number of nitrogens with two attached hydrogens (primary N) is 1. The number of carbonyl (C=O) groups excluding carboxylic acids is 2. The summed E-state index contributed by atoms with van der Waals surface area (Å²) in [6.45, 7) is 0. The van der Waals surface area contributed by atoms with Crippen LogP contribution < -0.4 is 5.73 Å². The molecule has 0 bridgehead atoms. The molecule has 0 atom stereocenters. The number of rotatable bonds is 2. The molecule has 0 radical (unpaired) electrons. The van der Waals surface area contributed by atoms with Gasteiger partial charge in [0.1, 0.15) is 10.7 Å². The summed E-state index contributed by atoms with van der Waals surface area (Å²) >= 11 is 0.760. The summed E-state index contributed by atoms with van der Waals surface area (Å²) in [6, 6.07) is 4.68. The number of esters is 1. The Labute approximate surface area is 84.6 Å². The summed E-state index contributed by atoms with van der Waals surface area (Å²) in [6.07, 6.45) is 0. The van der Waals surface area contributed by atoms with E-state index in [0.29, 0.717) is 5.03 Å². The fraction of sp³-hybridized carbons (Fsp3) is 0.125. The molecule has 0 fully saturated rings. The van der Waals surface area contributed by atoms with Crippen molar-refractivity contribution in [2.24, 2.45) is 5.73 Å². The molecule has 0 aliphatic heterocycles. The van der Waals surface area contributed by atoms with E-state index in [4.69, 9.17) is 5.73 Å². The minimum absolute atomic E-state index is 0.152. The predicted molar refractivity (Wildman–Crippen MR) is 51.0 cm³/mol. The molecule has 6 heteroatoms. The molecular weight excluding hydrogens is 204 g/mol. The van der Waals surface area contributed by atoms with Gasteiger partial charge in [-0.3, -0.25) is 4.79 Å². The van der Waals surface area contributed by atoms with Crippen LogP contribution in [0.3, 0.4) is 0 Å². The Morgan fingerprint density at radius 3 is 2.79 bits per heavy atom. The quantitative estimate of drug-likeness (QED) is 0.585. The van der Waals surface area contributed by atoms with Crippen LogP contribution in [0.5, 0.6) is 0 Å². The summed E-state index contributed by atoms with van der Waals surface area (Å²) in [4.78, 5) is 25.5. The van der Waals surface area contributed by atoms with Crippen LogP contribution in [0.4, 0.5) is 4.79 Å². The fourth-order valence-electron chi connectivity index (χ4n) is 0.793. The molecule has 74 valence electrons. The van der Waals surface area contributed by atoms with Crippen molar-refractivity contribution in [3.05, 3.63) is 23.9 Å². The third kappa shape index (κ3) is 2.74. The lowest BCUT2D eigenvalue weighted by Gasteiger charge is -1.99. The Morgan fingerprint density at radius 2 is 2.21 bits per heavy atom. The molecular formula is C8H8N2O3S. The van der Waals surface area contributed by atoms with Crippen molar-refractivity contribution in [3.8, 4) is 0 Å². The van der Waals surface area contributed by atoms with Crippen LogP contribution in [0, 0.1) is 0 Å². The highest BCUT2D eigenvalue weighted by Crippen LogP contribution is 2.15. The van der Waals surface area contributed by atoms with Gasteiger partial charge < -0.3 is 10.5 Å². The zero-order valence-electron chi connectivity index (χ0n) is 7.39. The number of hydrogen-bond donors (Lipinski definition) is 1. The van der Waals surface area contributed by atoms with E-state index in [1.807, 2.05) is 0 Å². The predicted octanol–water partition coefficient (Wildman–Crippen LogP) is 1.04. The van der Waals surface area contributed by atoms with E-state index in [9.17, 15) is 9.59 Å². The number of hydrogen-bond acceptors (Lipinski definition) is 5. The zero-order valence-corrected chi connectivity index (χ0v) is 8.21. The van der Waals surface area contributed by atoms with Gasteiger partial charge in [0.25, 0.3) is 5.24 Å². The topological polar surface area (TPSA) is 82.3 Å². The molecule has 1 aromatic rings. The van der Waals surface area contributed by atoms with Crippen molar-refractivity contribution < 1.29 is 14.3 Å². The highest BCUT2D eigenvalue weighted by atomic mass is 32.2. The first-order chi connectivity index (χ1) is 6.63. The molecule has 1 amide bonds. The Bertz CT molecular complexity index is 367. The average Bonchev–Trinajstić information content (AvgIpc) is 2.16. The molecule has 0 spiro atoms. The number of nitrogens with zero attached hydrogens (tertiary/aromatic N) is 1. The van der Waals surface area contributed by atoms with Crippen LogP contribution in [0.1, 0.15) is 10.5 Å². The molecule has 1 rings (SSSR count). The standard InChI is InChI=1S/C8H8N2O3S/c1-13-7(11)5-3-2-4-6(10-5)14-8(9)12/h2-4H,1H3,(H2,9,12). The molecule has 1 heterocycles. The molecule has 0 unspecified atom stereocenters. The molecule has 5 nitrogen and oxygen atoms in total. The second-order valence-electron chi connectivity index (χ2n) is 2.27. The van der Waals surface area contributed by atoms with E-state index < -0.39 is 11.2 Å². The van der Waals surface area contributed by atoms with Gasteiger partial charge in [0.2, 0.25) is 0 Å². The Hall–Kier alpha value is -1.56. The first kappa shape index (κ1) is 10.5. The highest BCUT2D eigenvalue weighted by molar-refractivity contribution is 8.13. The Balaban J connectivity index is 2.89. The number of methoxy groups -OCH3 is 1. The SMILES string of the molecule is COC(=O)c1cccc(SC(N)=O)n1. The van der Waals surface area contributed by atoms with Gasteiger partial charge >= 0.3 is 5.97 Å². The van der Waals surface area contributed by atoms with E-state index >= 15 is 0 Å². The van der Waals surface area contributed by atoms with Crippen molar-refractivity contribution in [2.75, 3.05) is 7.11 Å². The van der Waals surface area contributed by atoms with Crippen LogP contribution in [-0.4, -0.2) is 23.3 Å². The van der Waals surface area contributed by atoms with Crippen LogP contribution in [-0.2, 0) is 4.74 Å². The van der Waals surface area contributed by atoms with Crippen LogP contribution in [0.2, 0.25) is 0 Å². The molecule has 0 saturated heterocycles. The molecule has 0 saturated carbocycles. The molecule has 0 aromatic carbocycles. The summed E-state index contributed by atoms with van der Waals surface area (Å²) in [5.74, 6) is -0.545. The highest BCUT2D eigenvalue weighted by Gasteiger charge is 2.08. The maximum absolute atomic E-state index is 11.0. The lowest BCUT2D eigenvalue weighted by atomic mass is 10.4. The normalized spacial score (nSPS) is 9.50. The first-order valence-electron chi connectivity index (χ1n) is 3.66. The van der Waals surface area contributed by atoms with Gasteiger partial charge in [-0.1, -0.05) is 6.07 Å². The van der Waals surface area contributed by atoms with Crippen molar-refractivity contribution in [2.45, 2.75) is 5.03 Å². The minimum atomic E-state index is -0.570. The largest absolute Gasteiger partial charge is 0.464 e. The number of ether oxygens (including phenoxy) is 1. The molecule has 0 aliphatic carbocycles. The van der Waals surface area contributed by atoms with Gasteiger partial charge in [-0.15, -0.1) is 0 Å². The summed E-state index contributed by atoms with van der Waals surface area (Å²) in [5, 5.41) is -0.195. The maximum Gasteiger partial charge on any atom is 0.356 e. The van der Waals surface area contributed by atoms with Gasteiger partial charge in [0, 0.05) is 0 Å². The lowest BCUT2D eigenvalue weighted by molar-refractivity contribution is 0.0593. The molecule has 1 aromatic heterocycles. The second-order valence-corrected chi connectivity index (χ2v) is 3.30. The minimum Gasteiger partial charge on any atom is -0.464 e. The number of thioether (sulfide) groups is 1. The van der Waals surface area contributed by atoms with Crippen molar-refractivity contribution in [1.82, 2.24) is 4.98 Å².